The highest BCUT2D eigenvalue weighted by atomic mass is 19.1. The topological polar surface area (TPSA) is 36.3 Å². The standard InChI is InChI=1S/C12H15FN2O/c1-16-11-8-9(13)5-6-10(11)15-7-3-2-4-12(15)14/h5-6,8,14H,2-4,7H2,1H3. The van der Waals surface area contributed by atoms with Crippen LogP contribution in [0.25, 0.3) is 0 Å². The van der Waals surface area contributed by atoms with Gasteiger partial charge in [0, 0.05) is 19.0 Å². The second-order valence-corrected chi connectivity index (χ2v) is 3.87. The molecule has 1 aliphatic heterocycles. The summed E-state index contributed by atoms with van der Waals surface area (Å²) in [4.78, 5) is 1.89. The molecule has 1 saturated heterocycles. The van der Waals surface area contributed by atoms with Crippen LogP contribution in [0.4, 0.5) is 10.1 Å². The summed E-state index contributed by atoms with van der Waals surface area (Å²) in [5, 5.41) is 7.89. The minimum Gasteiger partial charge on any atom is -0.494 e. The molecule has 4 heteroatoms. The summed E-state index contributed by atoms with van der Waals surface area (Å²) in [6.07, 6.45) is 2.89. The fraction of sp³-hybridized carbons (Fsp3) is 0.417. The van der Waals surface area contributed by atoms with Gasteiger partial charge in [0.1, 0.15) is 17.4 Å². The van der Waals surface area contributed by atoms with Crippen molar-refractivity contribution in [1.29, 1.82) is 5.41 Å². The van der Waals surface area contributed by atoms with Gasteiger partial charge in [0.15, 0.2) is 0 Å². The maximum atomic E-state index is 13.0. The Morgan fingerprint density at radius 3 is 2.88 bits per heavy atom. The molecule has 0 saturated carbocycles. The predicted octanol–water partition coefficient (Wildman–Crippen LogP) is 2.80. The quantitative estimate of drug-likeness (QED) is 0.835. The van der Waals surface area contributed by atoms with Crippen LogP contribution in [0.3, 0.4) is 0 Å². The lowest BCUT2D eigenvalue weighted by molar-refractivity contribution is 0.411. The predicted molar refractivity (Wildman–Crippen MR) is 61.9 cm³/mol. The molecule has 3 nitrogen and oxygen atoms in total. The number of methoxy groups -OCH3 is 1. The highest BCUT2D eigenvalue weighted by molar-refractivity contribution is 5.97. The molecule has 0 bridgehead atoms. The molecule has 0 atom stereocenters. The van der Waals surface area contributed by atoms with Crippen LogP contribution in [-0.4, -0.2) is 19.5 Å². The molecule has 0 amide bonds. The van der Waals surface area contributed by atoms with E-state index in [1.807, 2.05) is 4.90 Å². The van der Waals surface area contributed by atoms with Crippen LogP contribution in [0.2, 0.25) is 0 Å². The Hall–Kier alpha value is -1.58. The van der Waals surface area contributed by atoms with Crippen LogP contribution in [0, 0.1) is 11.2 Å². The highest BCUT2D eigenvalue weighted by Gasteiger charge is 2.19. The first-order chi connectivity index (χ1) is 7.72. The average molecular weight is 222 g/mol. The van der Waals surface area contributed by atoms with Crippen LogP contribution in [0.15, 0.2) is 18.2 Å². The molecule has 0 spiro atoms. The zero-order valence-corrected chi connectivity index (χ0v) is 9.29. The van der Waals surface area contributed by atoms with Crippen molar-refractivity contribution in [2.75, 3.05) is 18.6 Å². The van der Waals surface area contributed by atoms with Crippen molar-refractivity contribution < 1.29 is 9.13 Å². The monoisotopic (exact) mass is 222 g/mol. The van der Waals surface area contributed by atoms with E-state index in [4.69, 9.17) is 10.1 Å². The van der Waals surface area contributed by atoms with Gasteiger partial charge in [-0.2, -0.15) is 0 Å². The van der Waals surface area contributed by atoms with E-state index in [-0.39, 0.29) is 5.82 Å². The van der Waals surface area contributed by atoms with Gasteiger partial charge in [-0.1, -0.05) is 0 Å². The maximum absolute atomic E-state index is 13.0. The fourth-order valence-electron chi connectivity index (χ4n) is 1.97. The smallest absolute Gasteiger partial charge is 0.145 e. The second-order valence-electron chi connectivity index (χ2n) is 3.87. The lowest BCUT2D eigenvalue weighted by Crippen LogP contribution is -2.34. The molecule has 0 unspecified atom stereocenters. The summed E-state index contributed by atoms with van der Waals surface area (Å²) in [7, 11) is 1.52. The van der Waals surface area contributed by atoms with Crippen LogP contribution in [0.5, 0.6) is 5.75 Å². The lowest BCUT2D eigenvalue weighted by Gasteiger charge is -2.30. The third-order valence-corrected chi connectivity index (χ3v) is 2.80. The van der Waals surface area contributed by atoms with E-state index in [9.17, 15) is 4.39 Å². The van der Waals surface area contributed by atoms with Crippen molar-refractivity contribution in [1.82, 2.24) is 0 Å². The average Bonchev–Trinajstić information content (AvgIpc) is 2.30. The van der Waals surface area contributed by atoms with Crippen molar-refractivity contribution in [3.8, 4) is 5.75 Å². The molecule has 1 heterocycles. The van der Waals surface area contributed by atoms with Gasteiger partial charge in [-0.15, -0.1) is 0 Å². The van der Waals surface area contributed by atoms with Crippen LogP contribution < -0.4 is 9.64 Å². The molecule has 1 N–H and O–H groups in total. The zero-order valence-electron chi connectivity index (χ0n) is 9.29. The van der Waals surface area contributed by atoms with Crippen LogP contribution in [0.1, 0.15) is 19.3 Å². The van der Waals surface area contributed by atoms with Gasteiger partial charge in [-0.05, 0) is 25.0 Å². The normalized spacial score (nSPS) is 16.4. The van der Waals surface area contributed by atoms with Crippen LogP contribution in [-0.2, 0) is 0 Å². The van der Waals surface area contributed by atoms with Crippen molar-refractivity contribution in [3.63, 3.8) is 0 Å². The zero-order chi connectivity index (χ0) is 11.5. The summed E-state index contributed by atoms with van der Waals surface area (Å²) >= 11 is 0. The summed E-state index contributed by atoms with van der Waals surface area (Å²) in [5.41, 5.74) is 0.786. The number of nitrogens with zero attached hydrogens (tertiary/aromatic N) is 1. The summed E-state index contributed by atoms with van der Waals surface area (Å²) in [6.45, 7) is 0.806. The number of piperidine rings is 1. The highest BCUT2D eigenvalue weighted by Crippen LogP contribution is 2.31. The number of amidine groups is 1. The Balaban J connectivity index is 2.34. The first-order valence-electron chi connectivity index (χ1n) is 5.41. The molecule has 1 aliphatic rings. The Morgan fingerprint density at radius 1 is 1.38 bits per heavy atom. The second kappa shape index (κ2) is 4.51. The van der Waals surface area contributed by atoms with Gasteiger partial charge in [0.2, 0.25) is 0 Å². The Kier molecular flexibility index (Phi) is 3.08. The molecule has 16 heavy (non-hydrogen) atoms. The van der Waals surface area contributed by atoms with E-state index in [2.05, 4.69) is 0 Å². The van der Waals surface area contributed by atoms with Gasteiger partial charge in [0.25, 0.3) is 0 Å². The number of hydrogen-bond donors (Lipinski definition) is 1. The molecule has 1 aromatic rings. The molecule has 0 aliphatic carbocycles. The van der Waals surface area contributed by atoms with E-state index < -0.39 is 0 Å². The van der Waals surface area contributed by atoms with E-state index >= 15 is 0 Å². The number of anilines is 1. The molecule has 0 radical (unpaired) electrons. The summed E-state index contributed by atoms with van der Waals surface area (Å²) in [5.74, 6) is 0.756. The van der Waals surface area contributed by atoms with Crippen molar-refractivity contribution in [3.05, 3.63) is 24.0 Å². The van der Waals surface area contributed by atoms with Crippen molar-refractivity contribution in [2.45, 2.75) is 19.3 Å². The van der Waals surface area contributed by atoms with E-state index in [0.29, 0.717) is 11.6 Å². The molecular weight excluding hydrogens is 207 g/mol. The van der Waals surface area contributed by atoms with Crippen molar-refractivity contribution >= 4 is 11.5 Å². The van der Waals surface area contributed by atoms with Gasteiger partial charge < -0.3 is 9.64 Å². The largest absolute Gasteiger partial charge is 0.494 e. The van der Waals surface area contributed by atoms with Gasteiger partial charge in [-0.25, -0.2) is 4.39 Å². The van der Waals surface area contributed by atoms with Crippen LogP contribution >= 0.6 is 0 Å². The van der Waals surface area contributed by atoms with E-state index in [0.717, 1.165) is 31.5 Å². The number of halogens is 1. The molecule has 0 aromatic heterocycles. The van der Waals surface area contributed by atoms with Gasteiger partial charge in [0.05, 0.1) is 12.8 Å². The molecule has 2 rings (SSSR count). The third kappa shape index (κ3) is 2.01. The third-order valence-electron chi connectivity index (χ3n) is 2.80. The van der Waals surface area contributed by atoms with E-state index in [1.54, 1.807) is 6.07 Å². The van der Waals surface area contributed by atoms with Crippen molar-refractivity contribution in [2.24, 2.45) is 0 Å². The Bertz CT molecular complexity index is 406. The van der Waals surface area contributed by atoms with Gasteiger partial charge in [-0.3, -0.25) is 5.41 Å². The molecule has 86 valence electrons. The SMILES string of the molecule is COc1cc(F)ccc1N1CCCCC1=N. The molecular formula is C12H15FN2O. The summed E-state index contributed by atoms with van der Waals surface area (Å²) < 4.78 is 18.2. The Labute approximate surface area is 94.3 Å². The minimum atomic E-state index is -0.316. The van der Waals surface area contributed by atoms with E-state index in [1.165, 1.54) is 19.2 Å². The number of ether oxygens (including phenoxy) is 1. The fourth-order valence-corrected chi connectivity index (χ4v) is 1.97. The number of hydrogen-bond acceptors (Lipinski definition) is 2. The number of rotatable bonds is 2. The number of benzene rings is 1. The Morgan fingerprint density at radius 2 is 2.19 bits per heavy atom. The molecule has 1 fully saturated rings. The van der Waals surface area contributed by atoms with Gasteiger partial charge >= 0.3 is 0 Å². The number of nitrogens with one attached hydrogen (secondary N) is 1. The molecule has 1 aromatic carbocycles. The first kappa shape index (κ1) is 10.9. The lowest BCUT2D eigenvalue weighted by atomic mass is 10.1. The first-order valence-corrected chi connectivity index (χ1v) is 5.41. The summed E-state index contributed by atoms with van der Waals surface area (Å²) in [6, 6.07) is 4.44. The minimum absolute atomic E-state index is 0.316. The maximum Gasteiger partial charge on any atom is 0.145 e.